The molecule has 18 heavy (non-hydrogen) atoms. The number of carbonyl (C=O) groups is 2. The minimum atomic E-state index is -1.13. The molecular weight excluding hydrogens is 252 g/mol. The van der Waals surface area contributed by atoms with E-state index in [0.29, 0.717) is 32.4 Å². The van der Waals surface area contributed by atoms with Gasteiger partial charge in [0.15, 0.2) is 0 Å². The van der Waals surface area contributed by atoms with Gasteiger partial charge >= 0.3 is 5.97 Å². The van der Waals surface area contributed by atoms with E-state index in [1.54, 1.807) is 22.4 Å². The summed E-state index contributed by atoms with van der Waals surface area (Å²) < 4.78 is 0. The van der Waals surface area contributed by atoms with Crippen molar-refractivity contribution in [1.82, 2.24) is 9.88 Å². The summed E-state index contributed by atoms with van der Waals surface area (Å²) in [5.41, 5.74) is -1.13. The molecule has 5 nitrogen and oxygen atoms in total. The van der Waals surface area contributed by atoms with Gasteiger partial charge in [0.25, 0.3) is 0 Å². The summed E-state index contributed by atoms with van der Waals surface area (Å²) in [5.74, 6) is -1.23. The van der Waals surface area contributed by atoms with Crippen LogP contribution in [0.25, 0.3) is 0 Å². The Hall–Kier alpha value is -1.43. The van der Waals surface area contributed by atoms with E-state index >= 15 is 0 Å². The Bertz CT molecular complexity index is 440. The van der Waals surface area contributed by atoms with Crippen molar-refractivity contribution in [2.75, 3.05) is 13.1 Å². The van der Waals surface area contributed by atoms with Crippen LogP contribution in [0.4, 0.5) is 0 Å². The topological polar surface area (TPSA) is 70.5 Å². The maximum Gasteiger partial charge on any atom is 0.319 e. The molecule has 0 radical (unpaired) electrons. The lowest BCUT2D eigenvalue weighted by Crippen LogP contribution is -2.41. The molecule has 0 aromatic carbocycles. The molecule has 0 saturated heterocycles. The molecule has 1 saturated carbocycles. The second kappa shape index (κ2) is 5.06. The average Bonchev–Trinajstić information content (AvgIpc) is 3.02. The molecule has 1 N–H and O–H groups in total. The number of aliphatic carboxylic acids is 1. The number of amides is 1. The number of carboxylic acid groups (broad SMARTS) is 1. The lowest BCUT2D eigenvalue weighted by atomic mass is 10.1. The Morgan fingerprint density at radius 1 is 1.56 bits per heavy atom. The van der Waals surface area contributed by atoms with E-state index in [1.165, 1.54) is 0 Å². The normalized spacial score (nSPS) is 16.3. The predicted molar refractivity (Wildman–Crippen MR) is 67.4 cm³/mol. The number of rotatable bonds is 6. The standard InChI is InChI=1S/C12H16N2O3S/c1-2-14(7-3-9-13-6-8-18-9)10(15)12(4-5-12)11(16)17/h6,8H,2-5,7H2,1H3,(H,16,17). The molecule has 98 valence electrons. The van der Waals surface area contributed by atoms with Crippen LogP contribution in [-0.4, -0.2) is 40.0 Å². The largest absolute Gasteiger partial charge is 0.480 e. The molecule has 1 aromatic rings. The lowest BCUT2D eigenvalue weighted by molar-refractivity contribution is -0.153. The number of aromatic nitrogens is 1. The fourth-order valence-corrected chi connectivity index (χ4v) is 2.57. The second-order valence-electron chi connectivity index (χ2n) is 4.45. The van der Waals surface area contributed by atoms with E-state index in [-0.39, 0.29) is 5.91 Å². The van der Waals surface area contributed by atoms with Crippen molar-refractivity contribution in [1.29, 1.82) is 0 Å². The van der Waals surface area contributed by atoms with Gasteiger partial charge in [-0.1, -0.05) is 0 Å². The van der Waals surface area contributed by atoms with Gasteiger partial charge in [-0.2, -0.15) is 0 Å². The fourth-order valence-electron chi connectivity index (χ4n) is 1.96. The summed E-state index contributed by atoms with van der Waals surface area (Å²) in [6.45, 7) is 2.95. The Kier molecular flexibility index (Phi) is 3.65. The van der Waals surface area contributed by atoms with E-state index < -0.39 is 11.4 Å². The van der Waals surface area contributed by atoms with Crippen molar-refractivity contribution in [2.24, 2.45) is 5.41 Å². The Balaban J connectivity index is 1.96. The zero-order valence-corrected chi connectivity index (χ0v) is 11.1. The smallest absolute Gasteiger partial charge is 0.319 e. The second-order valence-corrected chi connectivity index (χ2v) is 5.43. The van der Waals surface area contributed by atoms with Gasteiger partial charge in [-0.05, 0) is 19.8 Å². The molecule has 1 aromatic heterocycles. The van der Waals surface area contributed by atoms with E-state index in [2.05, 4.69) is 4.98 Å². The molecule has 0 spiro atoms. The molecule has 1 amide bonds. The van der Waals surface area contributed by atoms with Gasteiger partial charge in [-0.15, -0.1) is 11.3 Å². The van der Waals surface area contributed by atoms with Crippen LogP contribution >= 0.6 is 11.3 Å². The molecule has 0 bridgehead atoms. The van der Waals surface area contributed by atoms with Gasteiger partial charge in [0.1, 0.15) is 5.41 Å². The highest BCUT2D eigenvalue weighted by Crippen LogP contribution is 2.47. The summed E-state index contributed by atoms with van der Waals surface area (Å²) in [6, 6.07) is 0. The maximum atomic E-state index is 12.2. The highest BCUT2D eigenvalue weighted by Gasteiger charge is 2.58. The van der Waals surface area contributed by atoms with Gasteiger partial charge in [-0.25, -0.2) is 4.98 Å². The Morgan fingerprint density at radius 3 is 2.72 bits per heavy atom. The number of thiazole rings is 1. The number of likely N-dealkylation sites (N-methyl/N-ethyl adjacent to an activating group) is 1. The van der Waals surface area contributed by atoms with Gasteiger partial charge < -0.3 is 10.0 Å². The Morgan fingerprint density at radius 2 is 2.28 bits per heavy atom. The third kappa shape index (κ3) is 2.38. The highest BCUT2D eigenvalue weighted by molar-refractivity contribution is 7.09. The molecule has 1 aliphatic carbocycles. The molecule has 0 atom stereocenters. The summed E-state index contributed by atoms with van der Waals surface area (Å²) in [5, 5.41) is 12.0. The molecule has 2 rings (SSSR count). The molecular formula is C12H16N2O3S. The zero-order valence-electron chi connectivity index (χ0n) is 10.3. The summed E-state index contributed by atoms with van der Waals surface area (Å²) in [6.07, 6.45) is 3.36. The Labute approximate surface area is 109 Å². The van der Waals surface area contributed by atoms with Crippen LogP contribution in [0.2, 0.25) is 0 Å². The highest BCUT2D eigenvalue weighted by atomic mass is 32.1. The quantitative estimate of drug-likeness (QED) is 0.792. The van der Waals surface area contributed by atoms with E-state index in [1.807, 2.05) is 12.3 Å². The molecule has 1 aliphatic rings. The van der Waals surface area contributed by atoms with Crippen molar-refractivity contribution in [3.05, 3.63) is 16.6 Å². The first-order chi connectivity index (χ1) is 8.60. The van der Waals surface area contributed by atoms with Gasteiger partial charge in [0.05, 0.1) is 5.01 Å². The molecule has 1 fully saturated rings. The number of hydrogen-bond donors (Lipinski definition) is 1. The molecule has 6 heteroatoms. The predicted octanol–water partition coefficient (Wildman–Crippen LogP) is 1.40. The van der Waals surface area contributed by atoms with Crippen LogP contribution in [0.1, 0.15) is 24.8 Å². The van der Waals surface area contributed by atoms with Crippen molar-refractivity contribution in [3.8, 4) is 0 Å². The number of nitrogens with zero attached hydrogens (tertiary/aromatic N) is 2. The van der Waals surface area contributed by atoms with Crippen molar-refractivity contribution in [3.63, 3.8) is 0 Å². The first-order valence-corrected chi connectivity index (χ1v) is 6.89. The first kappa shape index (κ1) is 13.0. The van der Waals surface area contributed by atoms with Crippen LogP contribution in [-0.2, 0) is 16.0 Å². The number of hydrogen-bond acceptors (Lipinski definition) is 4. The average molecular weight is 268 g/mol. The van der Waals surface area contributed by atoms with Crippen molar-refractivity contribution < 1.29 is 14.7 Å². The van der Waals surface area contributed by atoms with Crippen LogP contribution in [0.5, 0.6) is 0 Å². The fraction of sp³-hybridized carbons (Fsp3) is 0.583. The minimum absolute atomic E-state index is 0.242. The number of carbonyl (C=O) groups excluding carboxylic acids is 1. The lowest BCUT2D eigenvalue weighted by Gasteiger charge is -2.23. The summed E-state index contributed by atoms with van der Waals surface area (Å²) in [4.78, 5) is 29.1. The van der Waals surface area contributed by atoms with E-state index in [9.17, 15) is 9.59 Å². The number of carboxylic acids is 1. The van der Waals surface area contributed by atoms with Crippen molar-refractivity contribution in [2.45, 2.75) is 26.2 Å². The summed E-state index contributed by atoms with van der Waals surface area (Å²) in [7, 11) is 0. The van der Waals surface area contributed by atoms with Crippen LogP contribution < -0.4 is 0 Å². The third-order valence-corrected chi connectivity index (χ3v) is 4.16. The van der Waals surface area contributed by atoms with Gasteiger partial charge in [0, 0.05) is 31.1 Å². The van der Waals surface area contributed by atoms with E-state index in [4.69, 9.17) is 5.11 Å². The summed E-state index contributed by atoms with van der Waals surface area (Å²) >= 11 is 1.55. The maximum absolute atomic E-state index is 12.2. The molecule has 0 unspecified atom stereocenters. The third-order valence-electron chi connectivity index (χ3n) is 3.32. The molecule has 0 aliphatic heterocycles. The minimum Gasteiger partial charge on any atom is -0.480 e. The van der Waals surface area contributed by atoms with E-state index in [0.717, 1.165) is 5.01 Å². The SMILES string of the molecule is CCN(CCc1nccs1)C(=O)C1(C(=O)O)CC1. The monoisotopic (exact) mass is 268 g/mol. The van der Waals surface area contributed by atoms with Crippen molar-refractivity contribution >= 4 is 23.2 Å². The van der Waals surface area contributed by atoms with Crippen LogP contribution in [0.15, 0.2) is 11.6 Å². The van der Waals surface area contributed by atoms with Crippen LogP contribution in [0, 0.1) is 5.41 Å². The van der Waals surface area contributed by atoms with Gasteiger partial charge in [0.2, 0.25) is 5.91 Å². The zero-order chi connectivity index (χ0) is 13.2. The van der Waals surface area contributed by atoms with Crippen LogP contribution in [0.3, 0.4) is 0 Å². The van der Waals surface area contributed by atoms with Gasteiger partial charge in [-0.3, -0.25) is 9.59 Å². The first-order valence-electron chi connectivity index (χ1n) is 6.01. The molecule has 1 heterocycles.